The second kappa shape index (κ2) is 7.09. The zero-order valence-corrected chi connectivity index (χ0v) is 17.2. The predicted octanol–water partition coefficient (Wildman–Crippen LogP) is 3.55. The summed E-state index contributed by atoms with van der Waals surface area (Å²) in [4.78, 5) is 40.0. The van der Waals surface area contributed by atoms with Crippen molar-refractivity contribution in [2.24, 2.45) is 5.92 Å². The van der Waals surface area contributed by atoms with Gasteiger partial charge in [0.1, 0.15) is 23.1 Å². The summed E-state index contributed by atoms with van der Waals surface area (Å²) in [5.41, 5.74) is -1.46. The first kappa shape index (κ1) is 20.3. The highest BCUT2D eigenvalue weighted by atomic mass is 16.6. The number of amides is 2. The maximum atomic E-state index is 14.0. The highest BCUT2D eigenvalue weighted by Crippen LogP contribution is 2.58. The summed E-state index contributed by atoms with van der Waals surface area (Å²) in [5, 5.41) is 11.2. The maximum absolute atomic E-state index is 14.0. The van der Waals surface area contributed by atoms with Gasteiger partial charge in [0.25, 0.3) is 5.91 Å². The minimum atomic E-state index is -1.52. The number of carbonyl (C=O) groups excluding carboxylic acids is 3. The smallest absolute Gasteiger partial charge is 0.421 e. The number of furan rings is 1. The summed E-state index contributed by atoms with van der Waals surface area (Å²) >= 11 is 0. The first-order valence-electron chi connectivity index (χ1n) is 10.1. The quantitative estimate of drug-likeness (QED) is 0.759. The second-order valence-corrected chi connectivity index (χ2v) is 8.89. The van der Waals surface area contributed by atoms with Crippen LogP contribution in [0.25, 0.3) is 0 Å². The Labute approximate surface area is 174 Å². The average Bonchev–Trinajstić information content (AvgIpc) is 3.29. The van der Waals surface area contributed by atoms with E-state index < -0.39 is 41.0 Å². The van der Waals surface area contributed by atoms with Gasteiger partial charge >= 0.3 is 6.09 Å². The molecule has 1 spiro atoms. The van der Waals surface area contributed by atoms with Gasteiger partial charge < -0.3 is 19.1 Å². The molecular formula is C23H25NO6. The Morgan fingerprint density at radius 2 is 1.97 bits per heavy atom. The van der Waals surface area contributed by atoms with E-state index in [1.165, 1.54) is 6.26 Å². The van der Waals surface area contributed by atoms with Gasteiger partial charge in [0, 0.05) is 11.8 Å². The maximum Gasteiger partial charge on any atom is 0.421 e. The molecule has 1 fully saturated rings. The molecule has 4 rings (SSSR count). The summed E-state index contributed by atoms with van der Waals surface area (Å²) in [5.74, 6) is -1.46. The molecule has 7 nitrogen and oxygen atoms in total. The summed E-state index contributed by atoms with van der Waals surface area (Å²) in [6, 6.07) is 10.2. The van der Waals surface area contributed by atoms with Gasteiger partial charge in [-0.1, -0.05) is 18.2 Å². The number of para-hydroxylation sites is 1. The lowest BCUT2D eigenvalue weighted by Gasteiger charge is -2.45. The van der Waals surface area contributed by atoms with Gasteiger partial charge in [0.05, 0.1) is 18.1 Å². The zero-order chi connectivity index (χ0) is 21.7. The lowest BCUT2D eigenvalue weighted by Crippen LogP contribution is -2.58. The minimum absolute atomic E-state index is 0.253. The fourth-order valence-electron chi connectivity index (χ4n) is 4.88. The van der Waals surface area contributed by atoms with Gasteiger partial charge in [-0.15, -0.1) is 0 Å². The Hall–Kier alpha value is -2.93. The van der Waals surface area contributed by atoms with Crippen LogP contribution < -0.4 is 4.90 Å². The second-order valence-electron chi connectivity index (χ2n) is 8.89. The molecule has 1 aliphatic heterocycles. The summed E-state index contributed by atoms with van der Waals surface area (Å²) in [6.45, 7) is 5.16. The van der Waals surface area contributed by atoms with Gasteiger partial charge in [-0.25, -0.2) is 9.69 Å². The fraction of sp³-hybridized carbons (Fsp3) is 0.435. The Morgan fingerprint density at radius 1 is 1.23 bits per heavy atom. The number of aldehydes is 1. The molecule has 1 aromatic carbocycles. The van der Waals surface area contributed by atoms with Crippen LogP contribution in [0.2, 0.25) is 0 Å². The van der Waals surface area contributed by atoms with E-state index in [0.29, 0.717) is 23.4 Å². The summed E-state index contributed by atoms with van der Waals surface area (Å²) < 4.78 is 11.1. The molecule has 0 radical (unpaired) electrons. The normalized spacial score (nSPS) is 28.5. The Bertz CT molecular complexity index is 976. The molecule has 1 saturated carbocycles. The highest BCUT2D eigenvalue weighted by molar-refractivity contribution is 6.22. The van der Waals surface area contributed by atoms with E-state index in [1.807, 2.05) is 0 Å². The molecule has 0 bridgehead atoms. The van der Waals surface area contributed by atoms with E-state index in [-0.39, 0.29) is 6.42 Å². The third kappa shape index (κ3) is 2.88. The van der Waals surface area contributed by atoms with E-state index in [1.54, 1.807) is 57.2 Å². The van der Waals surface area contributed by atoms with Gasteiger partial charge in [0.15, 0.2) is 0 Å². The van der Waals surface area contributed by atoms with Crippen LogP contribution in [0.3, 0.4) is 0 Å². The van der Waals surface area contributed by atoms with E-state index >= 15 is 0 Å². The van der Waals surface area contributed by atoms with Crippen LogP contribution in [0.4, 0.5) is 10.5 Å². The highest BCUT2D eigenvalue weighted by Gasteiger charge is 2.65. The van der Waals surface area contributed by atoms with Crippen molar-refractivity contribution in [2.45, 2.75) is 56.7 Å². The summed E-state index contributed by atoms with van der Waals surface area (Å²) in [6.07, 6.45) is 1.05. The summed E-state index contributed by atoms with van der Waals surface area (Å²) in [7, 11) is 0. The Kier molecular flexibility index (Phi) is 4.81. The Morgan fingerprint density at radius 3 is 2.60 bits per heavy atom. The minimum Gasteiger partial charge on any atom is -0.469 e. The van der Waals surface area contributed by atoms with Gasteiger partial charge in [0.2, 0.25) is 0 Å². The molecule has 2 aliphatic rings. The molecule has 4 atom stereocenters. The average molecular weight is 411 g/mol. The third-order valence-electron chi connectivity index (χ3n) is 5.97. The SMILES string of the molecule is CC(C)(C)OC(=O)N1C(=O)[C@]2(c3ccccc31)[C@H](O)CC[C@H](C=O)[C@@H]2c1ccco1. The van der Waals surface area contributed by atoms with Crippen molar-refractivity contribution in [1.29, 1.82) is 0 Å². The number of hydrogen-bond acceptors (Lipinski definition) is 6. The first-order valence-corrected chi connectivity index (χ1v) is 10.1. The molecule has 7 heteroatoms. The molecule has 1 N–H and O–H groups in total. The zero-order valence-electron chi connectivity index (χ0n) is 17.2. The number of anilines is 1. The van der Waals surface area contributed by atoms with Crippen LogP contribution in [-0.2, 0) is 19.7 Å². The molecular weight excluding hydrogens is 386 g/mol. The van der Waals surface area contributed by atoms with E-state index in [4.69, 9.17) is 9.15 Å². The van der Waals surface area contributed by atoms with Gasteiger partial charge in [-0.05, 0) is 57.4 Å². The lowest BCUT2D eigenvalue weighted by molar-refractivity contribution is -0.134. The van der Waals surface area contributed by atoms with Crippen molar-refractivity contribution in [1.82, 2.24) is 0 Å². The molecule has 2 aromatic rings. The number of fused-ring (bicyclic) bond motifs is 2. The number of nitrogens with zero attached hydrogens (tertiary/aromatic N) is 1. The predicted molar refractivity (Wildman–Crippen MR) is 108 cm³/mol. The van der Waals surface area contributed by atoms with Gasteiger partial charge in [-0.2, -0.15) is 0 Å². The number of rotatable bonds is 2. The molecule has 0 unspecified atom stereocenters. The number of benzene rings is 1. The standard InChI is InChI=1S/C23H25NO6/c1-22(2,3)30-21(28)24-16-8-5-4-7-15(16)23(20(24)27)18(26)11-10-14(13-25)19(23)17-9-6-12-29-17/h4-9,12-14,18-19,26H,10-11H2,1-3H3/t14-,18-,19-,23-/m1/s1. The van der Waals surface area contributed by atoms with Crippen molar-refractivity contribution in [2.75, 3.05) is 4.90 Å². The van der Waals surface area contributed by atoms with Crippen LogP contribution in [0, 0.1) is 5.92 Å². The molecule has 30 heavy (non-hydrogen) atoms. The lowest BCUT2D eigenvalue weighted by atomic mass is 9.57. The molecule has 2 amide bonds. The van der Waals surface area contributed by atoms with Crippen molar-refractivity contribution in [3.8, 4) is 0 Å². The Balaban J connectivity index is 1.94. The monoisotopic (exact) mass is 411 g/mol. The fourth-order valence-corrected chi connectivity index (χ4v) is 4.88. The number of hydrogen-bond donors (Lipinski definition) is 1. The molecule has 158 valence electrons. The van der Waals surface area contributed by atoms with Crippen LogP contribution >= 0.6 is 0 Å². The van der Waals surface area contributed by atoms with Gasteiger partial charge in [-0.3, -0.25) is 4.79 Å². The number of imide groups is 1. The third-order valence-corrected chi connectivity index (χ3v) is 5.97. The van der Waals surface area contributed by atoms with Crippen LogP contribution in [0.5, 0.6) is 0 Å². The molecule has 2 heterocycles. The number of carbonyl (C=O) groups is 3. The number of aliphatic hydroxyl groups excluding tert-OH is 1. The van der Waals surface area contributed by atoms with Crippen LogP contribution in [-0.4, -0.2) is 35.1 Å². The first-order chi connectivity index (χ1) is 14.2. The van der Waals surface area contributed by atoms with Crippen molar-refractivity contribution in [3.63, 3.8) is 0 Å². The number of aliphatic hydroxyl groups is 1. The van der Waals surface area contributed by atoms with Crippen LogP contribution in [0.1, 0.15) is 50.9 Å². The largest absolute Gasteiger partial charge is 0.469 e. The number of ether oxygens (including phenoxy) is 1. The van der Waals surface area contributed by atoms with E-state index in [2.05, 4.69) is 0 Å². The molecule has 1 aliphatic carbocycles. The molecule has 0 saturated heterocycles. The molecule has 1 aromatic heterocycles. The topological polar surface area (TPSA) is 97.0 Å². The van der Waals surface area contributed by atoms with Crippen molar-refractivity contribution >= 4 is 24.0 Å². The van der Waals surface area contributed by atoms with Crippen molar-refractivity contribution in [3.05, 3.63) is 54.0 Å². The van der Waals surface area contributed by atoms with Crippen molar-refractivity contribution < 1.29 is 28.6 Å². The van der Waals surface area contributed by atoms with E-state index in [9.17, 15) is 19.5 Å². The van der Waals surface area contributed by atoms with Crippen LogP contribution in [0.15, 0.2) is 47.1 Å². The van der Waals surface area contributed by atoms with E-state index in [0.717, 1.165) is 11.2 Å².